The third-order valence-corrected chi connectivity index (χ3v) is 8.58. The van der Waals surface area contributed by atoms with Crippen molar-refractivity contribution >= 4 is 72.0 Å². The van der Waals surface area contributed by atoms with Crippen molar-refractivity contribution in [1.82, 2.24) is 0 Å². The lowest BCUT2D eigenvalue weighted by atomic mass is 10.2. The summed E-state index contributed by atoms with van der Waals surface area (Å²) in [4.78, 5) is 28.6. The highest BCUT2D eigenvalue weighted by atomic mass is 32.2. The SMILES string of the molecule is CCOC(=O)/C(CC)=C(/SC)c1cc2sc(-c3sccc3C(=O)OCC)cc2s1. The maximum atomic E-state index is 12.3. The molecule has 3 rings (SSSR count). The van der Waals surface area contributed by atoms with E-state index in [4.69, 9.17) is 9.47 Å². The molecule has 3 heterocycles. The molecule has 0 aliphatic heterocycles. The number of thiophene rings is 3. The van der Waals surface area contributed by atoms with Crippen molar-refractivity contribution in [2.45, 2.75) is 27.2 Å². The van der Waals surface area contributed by atoms with Crippen LogP contribution in [0.25, 0.3) is 24.1 Å². The number of carbonyl (C=O) groups is 2. The van der Waals surface area contributed by atoms with E-state index in [1.54, 1.807) is 45.8 Å². The van der Waals surface area contributed by atoms with Crippen LogP contribution in [0.3, 0.4) is 0 Å². The predicted octanol–water partition coefficient (Wildman–Crippen LogP) is 6.92. The standard InChI is InChI=1S/C21H22O4S4/c1-5-12(20(22)24-6-2)18(26-4)16-10-14-15(28-16)11-17(29-14)19-13(8-9-27-19)21(23)25-7-3/h8-11H,5-7H2,1-4H3/b18-12+. The molecule has 0 spiro atoms. The van der Waals surface area contributed by atoms with E-state index in [0.29, 0.717) is 25.2 Å². The summed E-state index contributed by atoms with van der Waals surface area (Å²) in [7, 11) is 0. The van der Waals surface area contributed by atoms with Gasteiger partial charge >= 0.3 is 11.9 Å². The minimum atomic E-state index is -0.282. The van der Waals surface area contributed by atoms with Gasteiger partial charge in [0.1, 0.15) is 0 Å². The third kappa shape index (κ3) is 4.60. The molecule has 0 amide bonds. The molecule has 0 atom stereocenters. The smallest absolute Gasteiger partial charge is 0.339 e. The zero-order chi connectivity index (χ0) is 21.0. The Bertz CT molecular complexity index is 1020. The molecule has 8 heteroatoms. The summed E-state index contributed by atoms with van der Waals surface area (Å²) in [6.07, 6.45) is 2.62. The molecule has 0 aromatic carbocycles. The van der Waals surface area contributed by atoms with Gasteiger partial charge in [-0.1, -0.05) is 6.92 Å². The Morgan fingerprint density at radius 3 is 2.38 bits per heavy atom. The average Bonchev–Trinajstić information content (AvgIpc) is 3.40. The van der Waals surface area contributed by atoms with E-state index in [1.807, 2.05) is 38.5 Å². The van der Waals surface area contributed by atoms with Gasteiger partial charge in [0.2, 0.25) is 0 Å². The zero-order valence-corrected chi connectivity index (χ0v) is 20.0. The maximum Gasteiger partial charge on any atom is 0.339 e. The molecule has 154 valence electrons. The molecule has 4 nitrogen and oxygen atoms in total. The van der Waals surface area contributed by atoms with Gasteiger partial charge in [0, 0.05) is 24.1 Å². The summed E-state index contributed by atoms with van der Waals surface area (Å²) in [6, 6.07) is 6.07. The first-order chi connectivity index (χ1) is 14.0. The van der Waals surface area contributed by atoms with Crippen molar-refractivity contribution in [3.63, 3.8) is 0 Å². The fourth-order valence-electron chi connectivity index (χ4n) is 2.92. The number of rotatable bonds is 8. The van der Waals surface area contributed by atoms with Crippen LogP contribution in [-0.2, 0) is 14.3 Å². The topological polar surface area (TPSA) is 52.6 Å². The molecule has 29 heavy (non-hydrogen) atoms. The van der Waals surface area contributed by atoms with Gasteiger partial charge in [0.15, 0.2) is 0 Å². The van der Waals surface area contributed by atoms with Crippen LogP contribution in [0.15, 0.2) is 29.2 Å². The van der Waals surface area contributed by atoms with E-state index < -0.39 is 0 Å². The van der Waals surface area contributed by atoms with Crippen molar-refractivity contribution in [3.8, 4) is 9.75 Å². The molecule has 3 aromatic rings. The molecule has 0 saturated carbocycles. The van der Waals surface area contributed by atoms with Crippen molar-refractivity contribution in [3.05, 3.63) is 39.6 Å². The first-order valence-corrected chi connectivity index (χ1v) is 13.0. The van der Waals surface area contributed by atoms with Gasteiger partial charge in [-0.2, -0.15) is 0 Å². The molecule has 0 aliphatic rings. The number of esters is 2. The maximum absolute atomic E-state index is 12.3. The normalized spacial score (nSPS) is 12.1. The van der Waals surface area contributed by atoms with Gasteiger partial charge in [-0.3, -0.25) is 0 Å². The number of carbonyl (C=O) groups excluding carboxylic acids is 2. The Balaban J connectivity index is 1.98. The van der Waals surface area contributed by atoms with Crippen molar-refractivity contribution < 1.29 is 19.1 Å². The Kier molecular flexibility index (Phi) is 7.56. The van der Waals surface area contributed by atoms with Crippen LogP contribution in [0.4, 0.5) is 0 Å². The van der Waals surface area contributed by atoms with E-state index in [9.17, 15) is 9.59 Å². The Morgan fingerprint density at radius 2 is 1.76 bits per heavy atom. The number of hydrogen-bond donors (Lipinski definition) is 0. The van der Waals surface area contributed by atoms with Crippen molar-refractivity contribution in [2.75, 3.05) is 19.5 Å². The first-order valence-electron chi connectivity index (χ1n) is 9.26. The van der Waals surface area contributed by atoms with Crippen LogP contribution >= 0.6 is 45.8 Å². The first kappa shape index (κ1) is 22.1. The lowest BCUT2D eigenvalue weighted by Crippen LogP contribution is -2.08. The second-order valence-corrected chi connectivity index (χ2v) is 9.82. The molecule has 0 aliphatic carbocycles. The monoisotopic (exact) mass is 466 g/mol. The summed E-state index contributed by atoms with van der Waals surface area (Å²) >= 11 is 6.45. The Labute approximate surface area is 186 Å². The second-order valence-electron chi connectivity index (χ2n) is 5.92. The molecule has 0 fully saturated rings. The van der Waals surface area contributed by atoms with Gasteiger partial charge < -0.3 is 9.47 Å². The highest BCUT2D eigenvalue weighted by Crippen LogP contribution is 2.45. The summed E-state index contributed by atoms with van der Waals surface area (Å²) in [5, 5.41) is 1.92. The molecular weight excluding hydrogens is 444 g/mol. The van der Waals surface area contributed by atoms with Crippen LogP contribution < -0.4 is 0 Å². The number of fused-ring (bicyclic) bond motifs is 1. The zero-order valence-electron chi connectivity index (χ0n) is 16.7. The van der Waals surface area contributed by atoms with Crippen LogP contribution in [0, 0.1) is 0 Å². The van der Waals surface area contributed by atoms with Gasteiger partial charge in [-0.15, -0.1) is 45.8 Å². The molecule has 3 aromatic heterocycles. The number of hydrogen-bond acceptors (Lipinski definition) is 8. The average molecular weight is 467 g/mol. The molecule has 0 unspecified atom stereocenters. The van der Waals surface area contributed by atoms with Gasteiger partial charge in [0.25, 0.3) is 0 Å². The summed E-state index contributed by atoms with van der Waals surface area (Å²) in [5.41, 5.74) is 1.34. The van der Waals surface area contributed by atoms with Gasteiger partial charge in [-0.25, -0.2) is 9.59 Å². The van der Waals surface area contributed by atoms with E-state index >= 15 is 0 Å². The van der Waals surface area contributed by atoms with Crippen LogP contribution in [0.5, 0.6) is 0 Å². The van der Waals surface area contributed by atoms with E-state index in [-0.39, 0.29) is 11.9 Å². The number of ether oxygens (including phenoxy) is 2. The Hall–Kier alpha value is -1.61. The minimum Gasteiger partial charge on any atom is -0.463 e. The predicted molar refractivity (Wildman–Crippen MR) is 126 cm³/mol. The van der Waals surface area contributed by atoms with Crippen LogP contribution in [0.1, 0.15) is 42.4 Å². The van der Waals surface area contributed by atoms with Crippen LogP contribution in [-0.4, -0.2) is 31.4 Å². The molecular formula is C21H22O4S4. The summed E-state index contributed by atoms with van der Waals surface area (Å²) in [6.45, 7) is 6.34. The second kappa shape index (κ2) is 9.93. The van der Waals surface area contributed by atoms with E-state index in [2.05, 4.69) is 12.1 Å². The largest absolute Gasteiger partial charge is 0.463 e. The fourth-order valence-corrected chi connectivity index (χ4v) is 7.41. The van der Waals surface area contributed by atoms with E-state index in [0.717, 1.165) is 34.5 Å². The molecule has 0 radical (unpaired) electrons. The van der Waals surface area contributed by atoms with Gasteiger partial charge in [0.05, 0.1) is 29.2 Å². The fraction of sp³-hybridized carbons (Fsp3) is 0.333. The highest BCUT2D eigenvalue weighted by molar-refractivity contribution is 8.08. The quantitative estimate of drug-likeness (QED) is 0.266. The van der Waals surface area contributed by atoms with Crippen molar-refractivity contribution in [2.24, 2.45) is 0 Å². The lowest BCUT2D eigenvalue weighted by molar-refractivity contribution is -0.138. The van der Waals surface area contributed by atoms with Crippen molar-refractivity contribution in [1.29, 1.82) is 0 Å². The van der Waals surface area contributed by atoms with E-state index in [1.165, 1.54) is 0 Å². The number of thioether (sulfide) groups is 1. The van der Waals surface area contributed by atoms with Gasteiger partial charge in [-0.05, 0) is 50.1 Å². The molecule has 0 N–H and O–H groups in total. The molecule has 0 saturated heterocycles. The lowest BCUT2D eigenvalue weighted by Gasteiger charge is -2.10. The summed E-state index contributed by atoms with van der Waals surface area (Å²) < 4.78 is 12.7. The minimum absolute atomic E-state index is 0.241. The molecule has 0 bridgehead atoms. The third-order valence-electron chi connectivity index (χ3n) is 4.17. The summed E-state index contributed by atoms with van der Waals surface area (Å²) in [5.74, 6) is -0.523. The Morgan fingerprint density at radius 1 is 1.03 bits per heavy atom. The highest BCUT2D eigenvalue weighted by Gasteiger charge is 2.21. The van der Waals surface area contributed by atoms with Crippen LogP contribution in [0.2, 0.25) is 0 Å².